The molecular formula is C24H52N2O. The van der Waals surface area contributed by atoms with Crippen molar-refractivity contribution in [1.82, 2.24) is 4.90 Å². The third kappa shape index (κ3) is 19.0. The molecule has 0 aromatic heterocycles. The maximum absolute atomic E-state index is 10.5. The molecule has 0 heterocycles. The van der Waals surface area contributed by atoms with Gasteiger partial charge in [-0.25, -0.2) is 0 Å². The molecule has 0 aliphatic heterocycles. The zero-order valence-corrected chi connectivity index (χ0v) is 19.1. The lowest BCUT2D eigenvalue weighted by Gasteiger charge is -2.28. The molecule has 0 radical (unpaired) electrons. The monoisotopic (exact) mass is 384 g/mol. The summed E-state index contributed by atoms with van der Waals surface area (Å²) in [6, 6.07) is 0. The molecule has 3 N–H and O–H groups in total. The van der Waals surface area contributed by atoms with Gasteiger partial charge in [-0.3, -0.25) is 0 Å². The highest BCUT2D eigenvalue weighted by Gasteiger charge is 2.14. The number of aliphatic hydroxyl groups excluding tert-OH is 1. The van der Waals surface area contributed by atoms with Gasteiger partial charge < -0.3 is 15.7 Å². The van der Waals surface area contributed by atoms with Crippen LogP contribution in [0.15, 0.2) is 0 Å². The summed E-state index contributed by atoms with van der Waals surface area (Å²) in [5.41, 5.74) is 5.73. The third-order valence-electron chi connectivity index (χ3n) is 5.66. The van der Waals surface area contributed by atoms with E-state index in [-0.39, 0.29) is 6.10 Å². The van der Waals surface area contributed by atoms with Gasteiger partial charge in [-0.05, 0) is 38.3 Å². The van der Waals surface area contributed by atoms with Crippen molar-refractivity contribution in [2.24, 2.45) is 11.7 Å². The van der Waals surface area contributed by atoms with E-state index >= 15 is 0 Å². The first kappa shape index (κ1) is 26.9. The van der Waals surface area contributed by atoms with E-state index in [9.17, 15) is 5.11 Å². The maximum atomic E-state index is 10.5. The Hall–Kier alpha value is -0.120. The summed E-state index contributed by atoms with van der Waals surface area (Å²) in [4.78, 5) is 2.47. The molecule has 0 saturated carbocycles. The fourth-order valence-corrected chi connectivity index (χ4v) is 3.93. The Morgan fingerprint density at radius 2 is 1.22 bits per heavy atom. The van der Waals surface area contributed by atoms with E-state index in [0.29, 0.717) is 0 Å². The smallest absolute Gasteiger partial charge is 0.0667 e. The highest BCUT2D eigenvalue weighted by Crippen LogP contribution is 2.15. The Kier molecular flexibility index (Phi) is 20.5. The first-order valence-corrected chi connectivity index (χ1v) is 12.2. The van der Waals surface area contributed by atoms with Gasteiger partial charge in [0, 0.05) is 13.1 Å². The summed E-state index contributed by atoms with van der Waals surface area (Å²) in [6.07, 6.45) is 19.2. The Morgan fingerprint density at radius 3 is 1.78 bits per heavy atom. The molecule has 0 aliphatic carbocycles. The number of rotatable bonds is 21. The fourth-order valence-electron chi connectivity index (χ4n) is 3.93. The van der Waals surface area contributed by atoms with Crippen LogP contribution in [0.1, 0.15) is 117 Å². The standard InChI is InChI=1S/C24H52N2O/c1-4-6-8-10-12-14-17-23(3)21-26(20-16-19-25)22-24(27)18-15-13-11-9-7-5-2/h23-24,27H,4-22,25H2,1-3H3. The summed E-state index contributed by atoms with van der Waals surface area (Å²) >= 11 is 0. The minimum Gasteiger partial charge on any atom is -0.392 e. The van der Waals surface area contributed by atoms with Gasteiger partial charge in [0.15, 0.2) is 0 Å². The van der Waals surface area contributed by atoms with Crippen molar-refractivity contribution in [3.63, 3.8) is 0 Å². The average Bonchev–Trinajstić information content (AvgIpc) is 2.65. The minimum atomic E-state index is -0.171. The van der Waals surface area contributed by atoms with Crippen LogP contribution in [0.2, 0.25) is 0 Å². The largest absolute Gasteiger partial charge is 0.392 e. The predicted octanol–water partition coefficient (Wildman–Crippen LogP) is 6.14. The van der Waals surface area contributed by atoms with Gasteiger partial charge in [0.1, 0.15) is 0 Å². The Labute approximate surface area is 171 Å². The molecule has 27 heavy (non-hydrogen) atoms. The molecule has 0 aromatic rings. The van der Waals surface area contributed by atoms with Gasteiger partial charge in [0.25, 0.3) is 0 Å². The number of hydrogen-bond donors (Lipinski definition) is 2. The van der Waals surface area contributed by atoms with Gasteiger partial charge in [-0.2, -0.15) is 0 Å². The van der Waals surface area contributed by atoms with E-state index in [2.05, 4.69) is 25.7 Å². The molecule has 0 amide bonds. The molecule has 164 valence electrons. The van der Waals surface area contributed by atoms with Crippen LogP contribution in [0.3, 0.4) is 0 Å². The number of hydrogen-bond acceptors (Lipinski definition) is 3. The van der Waals surface area contributed by atoms with Crippen LogP contribution in [-0.4, -0.2) is 42.3 Å². The normalized spacial score (nSPS) is 14.0. The Balaban J connectivity index is 3.95. The second-order valence-corrected chi connectivity index (χ2v) is 8.77. The lowest BCUT2D eigenvalue weighted by Crippen LogP contribution is -2.37. The molecule has 0 rings (SSSR count). The van der Waals surface area contributed by atoms with Crippen molar-refractivity contribution in [2.45, 2.75) is 123 Å². The van der Waals surface area contributed by atoms with Crippen LogP contribution in [0.25, 0.3) is 0 Å². The molecule has 0 aromatic carbocycles. The summed E-state index contributed by atoms with van der Waals surface area (Å²) in [5.74, 6) is 0.718. The van der Waals surface area contributed by atoms with Crippen molar-refractivity contribution in [2.75, 3.05) is 26.2 Å². The highest BCUT2D eigenvalue weighted by molar-refractivity contribution is 4.69. The van der Waals surface area contributed by atoms with Crippen LogP contribution in [0.5, 0.6) is 0 Å². The summed E-state index contributed by atoms with van der Waals surface area (Å²) < 4.78 is 0. The van der Waals surface area contributed by atoms with E-state index in [1.807, 2.05) is 0 Å². The first-order chi connectivity index (χ1) is 13.1. The van der Waals surface area contributed by atoms with Crippen LogP contribution in [0, 0.1) is 5.92 Å². The lowest BCUT2D eigenvalue weighted by atomic mass is 10.0. The van der Waals surface area contributed by atoms with Crippen LogP contribution < -0.4 is 5.73 Å². The minimum absolute atomic E-state index is 0.171. The van der Waals surface area contributed by atoms with Crippen LogP contribution in [-0.2, 0) is 0 Å². The van der Waals surface area contributed by atoms with E-state index in [0.717, 1.165) is 44.9 Å². The van der Waals surface area contributed by atoms with Gasteiger partial charge in [-0.1, -0.05) is 97.8 Å². The van der Waals surface area contributed by atoms with Crippen molar-refractivity contribution < 1.29 is 5.11 Å². The number of nitrogens with zero attached hydrogens (tertiary/aromatic N) is 1. The molecular weight excluding hydrogens is 332 g/mol. The van der Waals surface area contributed by atoms with Crippen LogP contribution in [0.4, 0.5) is 0 Å². The second kappa shape index (κ2) is 20.6. The van der Waals surface area contributed by atoms with Crippen molar-refractivity contribution in [3.8, 4) is 0 Å². The van der Waals surface area contributed by atoms with Gasteiger partial charge in [0.05, 0.1) is 6.10 Å². The fraction of sp³-hybridized carbons (Fsp3) is 1.00. The SMILES string of the molecule is CCCCCCCCC(C)CN(CCCN)CC(O)CCCCCCCC. The molecule has 3 heteroatoms. The van der Waals surface area contributed by atoms with Gasteiger partial charge >= 0.3 is 0 Å². The Bertz CT molecular complexity index is 262. The highest BCUT2D eigenvalue weighted by atomic mass is 16.3. The second-order valence-electron chi connectivity index (χ2n) is 8.77. The zero-order chi connectivity index (χ0) is 20.2. The molecule has 3 nitrogen and oxygen atoms in total. The van der Waals surface area contributed by atoms with Crippen molar-refractivity contribution >= 4 is 0 Å². The molecule has 0 spiro atoms. The quantitative estimate of drug-likeness (QED) is 0.234. The zero-order valence-electron chi connectivity index (χ0n) is 19.1. The maximum Gasteiger partial charge on any atom is 0.0667 e. The molecule has 2 atom stereocenters. The number of nitrogens with two attached hydrogens (primary N) is 1. The third-order valence-corrected chi connectivity index (χ3v) is 5.66. The molecule has 0 bridgehead atoms. The molecule has 0 fully saturated rings. The first-order valence-electron chi connectivity index (χ1n) is 12.2. The molecule has 0 aliphatic rings. The van der Waals surface area contributed by atoms with E-state index in [1.54, 1.807) is 0 Å². The summed E-state index contributed by atoms with van der Waals surface area (Å²) in [6.45, 7) is 10.6. The van der Waals surface area contributed by atoms with E-state index < -0.39 is 0 Å². The topological polar surface area (TPSA) is 49.5 Å². The molecule has 2 unspecified atom stereocenters. The average molecular weight is 385 g/mol. The number of unbranched alkanes of at least 4 members (excludes halogenated alkanes) is 10. The van der Waals surface area contributed by atoms with Crippen molar-refractivity contribution in [1.29, 1.82) is 0 Å². The lowest BCUT2D eigenvalue weighted by molar-refractivity contribution is 0.0938. The van der Waals surface area contributed by atoms with Gasteiger partial charge in [0.2, 0.25) is 0 Å². The summed E-state index contributed by atoms with van der Waals surface area (Å²) in [7, 11) is 0. The summed E-state index contributed by atoms with van der Waals surface area (Å²) in [5, 5.41) is 10.5. The van der Waals surface area contributed by atoms with Crippen LogP contribution >= 0.6 is 0 Å². The van der Waals surface area contributed by atoms with E-state index in [1.165, 1.54) is 83.5 Å². The Morgan fingerprint density at radius 1 is 0.704 bits per heavy atom. The van der Waals surface area contributed by atoms with Gasteiger partial charge in [-0.15, -0.1) is 0 Å². The van der Waals surface area contributed by atoms with Crippen molar-refractivity contribution in [3.05, 3.63) is 0 Å². The molecule has 0 saturated heterocycles. The van der Waals surface area contributed by atoms with E-state index in [4.69, 9.17) is 5.73 Å². The predicted molar refractivity (Wildman–Crippen MR) is 121 cm³/mol. The number of aliphatic hydroxyl groups is 1.